The number of ether oxygens (including phenoxy) is 1. The Bertz CT molecular complexity index is 475. The van der Waals surface area contributed by atoms with Crippen LogP contribution in [0.2, 0.25) is 0 Å². The molecule has 1 aliphatic heterocycles. The van der Waals surface area contributed by atoms with Crippen LogP contribution in [0.25, 0.3) is 0 Å². The second-order valence-electron chi connectivity index (χ2n) is 4.91. The van der Waals surface area contributed by atoms with Gasteiger partial charge in [-0.15, -0.1) is 0 Å². The lowest BCUT2D eigenvalue weighted by Gasteiger charge is -2.36. The largest absolute Gasteiger partial charge is 0.508 e. The van der Waals surface area contributed by atoms with E-state index >= 15 is 0 Å². The van der Waals surface area contributed by atoms with E-state index in [1.165, 1.54) is 0 Å². The molecule has 2 rings (SSSR count). The first-order valence-electron chi connectivity index (χ1n) is 6.37. The highest BCUT2D eigenvalue weighted by atomic mass is 16.5. The minimum Gasteiger partial charge on any atom is -0.508 e. The van der Waals surface area contributed by atoms with Crippen molar-refractivity contribution < 1.29 is 19.7 Å². The Balaban J connectivity index is 2.21. The van der Waals surface area contributed by atoms with E-state index in [-0.39, 0.29) is 30.5 Å². The molecule has 1 heterocycles. The molecule has 19 heavy (non-hydrogen) atoms. The smallest absolute Gasteiger partial charge is 0.254 e. The van der Waals surface area contributed by atoms with Crippen LogP contribution < -0.4 is 0 Å². The predicted octanol–water partition coefficient (Wildman–Crippen LogP) is 0.922. The van der Waals surface area contributed by atoms with Gasteiger partial charge in [0, 0.05) is 24.2 Å². The topological polar surface area (TPSA) is 70.0 Å². The highest BCUT2D eigenvalue weighted by Gasteiger charge is 2.29. The number of aliphatic hydroxyl groups excluding tert-OH is 1. The molecule has 5 heteroatoms. The maximum Gasteiger partial charge on any atom is 0.254 e. The summed E-state index contributed by atoms with van der Waals surface area (Å²) in [5, 5.41) is 18.8. The zero-order chi connectivity index (χ0) is 14.0. The van der Waals surface area contributed by atoms with E-state index in [0.717, 1.165) is 0 Å². The molecule has 0 spiro atoms. The molecule has 2 unspecified atom stereocenters. The number of hydrogen-bond acceptors (Lipinski definition) is 4. The van der Waals surface area contributed by atoms with Gasteiger partial charge in [0.15, 0.2) is 0 Å². The molecule has 0 aliphatic carbocycles. The summed E-state index contributed by atoms with van der Waals surface area (Å²) >= 11 is 0. The van der Waals surface area contributed by atoms with Crippen molar-refractivity contribution in [2.75, 3.05) is 19.7 Å². The van der Waals surface area contributed by atoms with Crippen LogP contribution in [0.1, 0.15) is 22.8 Å². The molecule has 104 valence electrons. The average Bonchev–Trinajstić information content (AvgIpc) is 2.40. The molecule has 2 atom stereocenters. The molecule has 0 saturated carbocycles. The molecule has 1 saturated heterocycles. The van der Waals surface area contributed by atoms with Crippen LogP contribution in [0.3, 0.4) is 0 Å². The fourth-order valence-corrected chi connectivity index (χ4v) is 2.34. The van der Waals surface area contributed by atoms with Crippen molar-refractivity contribution in [2.45, 2.75) is 26.1 Å². The van der Waals surface area contributed by atoms with E-state index < -0.39 is 0 Å². The van der Waals surface area contributed by atoms with Crippen LogP contribution in [0.5, 0.6) is 5.75 Å². The number of carbonyl (C=O) groups excluding carboxylic acids is 1. The summed E-state index contributed by atoms with van der Waals surface area (Å²) in [5.74, 6) is -0.0205. The first kappa shape index (κ1) is 13.8. The number of benzene rings is 1. The lowest BCUT2D eigenvalue weighted by molar-refractivity contribution is -0.0858. The third-order valence-electron chi connectivity index (χ3n) is 3.35. The third-order valence-corrected chi connectivity index (χ3v) is 3.35. The summed E-state index contributed by atoms with van der Waals surface area (Å²) in [6, 6.07) is 4.92. The highest BCUT2D eigenvalue weighted by Crippen LogP contribution is 2.22. The normalized spacial score (nSPS) is 23.4. The first-order valence-corrected chi connectivity index (χ1v) is 6.37. The summed E-state index contributed by atoms with van der Waals surface area (Å²) in [6.07, 6.45) is -0.446. The minimum absolute atomic E-state index is 0.104. The van der Waals surface area contributed by atoms with Gasteiger partial charge in [0.1, 0.15) is 5.75 Å². The lowest BCUT2D eigenvalue weighted by atomic mass is 10.1. The molecular weight excluding hydrogens is 246 g/mol. The predicted molar refractivity (Wildman–Crippen MR) is 70.2 cm³/mol. The fourth-order valence-electron chi connectivity index (χ4n) is 2.34. The van der Waals surface area contributed by atoms with Crippen molar-refractivity contribution in [3.8, 4) is 5.75 Å². The number of phenolic OH excluding ortho intramolecular Hbond substituents is 1. The standard InChI is InChI=1S/C14H19NO4/c1-9-6-15(7-11(8-16)19-9)14(18)12-4-3-5-13(17)10(12)2/h3-5,9,11,16-17H,6-8H2,1-2H3. The molecule has 1 aliphatic rings. The second-order valence-corrected chi connectivity index (χ2v) is 4.91. The Morgan fingerprint density at radius 3 is 2.89 bits per heavy atom. The van der Waals surface area contributed by atoms with Gasteiger partial charge >= 0.3 is 0 Å². The summed E-state index contributed by atoms with van der Waals surface area (Å²) in [5.41, 5.74) is 1.07. The molecule has 1 aromatic rings. The van der Waals surface area contributed by atoms with Gasteiger partial charge in [0.2, 0.25) is 0 Å². The average molecular weight is 265 g/mol. The molecular formula is C14H19NO4. The number of rotatable bonds is 2. The van der Waals surface area contributed by atoms with Crippen molar-refractivity contribution in [3.05, 3.63) is 29.3 Å². The minimum atomic E-state index is -0.342. The van der Waals surface area contributed by atoms with Crippen molar-refractivity contribution >= 4 is 5.91 Å². The zero-order valence-corrected chi connectivity index (χ0v) is 11.2. The lowest BCUT2D eigenvalue weighted by Crippen LogP contribution is -2.50. The van der Waals surface area contributed by atoms with Gasteiger partial charge in [0.25, 0.3) is 5.91 Å². The second kappa shape index (κ2) is 5.59. The Kier molecular flexibility index (Phi) is 4.07. The third kappa shape index (κ3) is 2.88. The number of nitrogens with zero attached hydrogens (tertiary/aromatic N) is 1. The van der Waals surface area contributed by atoms with Crippen LogP contribution >= 0.6 is 0 Å². The van der Waals surface area contributed by atoms with Crippen LogP contribution in [0, 0.1) is 6.92 Å². The van der Waals surface area contributed by atoms with Gasteiger partial charge in [0.05, 0.1) is 18.8 Å². The van der Waals surface area contributed by atoms with Gasteiger partial charge in [-0.3, -0.25) is 4.79 Å². The molecule has 1 aromatic carbocycles. The number of aliphatic hydroxyl groups is 1. The summed E-state index contributed by atoms with van der Waals surface area (Å²) in [6.45, 7) is 4.35. The van der Waals surface area contributed by atoms with E-state index in [0.29, 0.717) is 24.2 Å². The maximum atomic E-state index is 12.5. The summed E-state index contributed by atoms with van der Waals surface area (Å²) < 4.78 is 5.51. The Morgan fingerprint density at radius 2 is 2.21 bits per heavy atom. The molecule has 5 nitrogen and oxygen atoms in total. The van der Waals surface area contributed by atoms with E-state index in [2.05, 4.69) is 0 Å². The van der Waals surface area contributed by atoms with Crippen LogP contribution in [-0.4, -0.2) is 52.9 Å². The quantitative estimate of drug-likeness (QED) is 0.834. The molecule has 0 bridgehead atoms. The van der Waals surface area contributed by atoms with E-state index in [1.54, 1.807) is 30.0 Å². The van der Waals surface area contributed by atoms with Crippen molar-refractivity contribution in [1.29, 1.82) is 0 Å². The van der Waals surface area contributed by atoms with Crippen molar-refractivity contribution in [3.63, 3.8) is 0 Å². The monoisotopic (exact) mass is 265 g/mol. The summed E-state index contributed by atoms with van der Waals surface area (Å²) in [7, 11) is 0. The Hall–Kier alpha value is -1.59. The number of morpholine rings is 1. The fraction of sp³-hybridized carbons (Fsp3) is 0.500. The van der Waals surface area contributed by atoms with Crippen molar-refractivity contribution in [1.82, 2.24) is 4.90 Å². The molecule has 2 N–H and O–H groups in total. The Labute approximate surface area is 112 Å². The molecule has 0 radical (unpaired) electrons. The number of aromatic hydroxyl groups is 1. The maximum absolute atomic E-state index is 12.5. The SMILES string of the molecule is Cc1c(O)cccc1C(=O)N1CC(C)OC(CO)C1. The van der Waals surface area contributed by atoms with Crippen molar-refractivity contribution in [2.24, 2.45) is 0 Å². The number of amides is 1. The van der Waals surface area contributed by atoms with Gasteiger partial charge in [-0.05, 0) is 26.0 Å². The van der Waals surface area contributed by atoms with E-state index in [1.807, 2.05) is 6.92 Å². The zero-order valence-electron chi connectivity index (χ0n) is 11.2. The van der Waals surface area contributed by atoms with Gasteiger partial charge in [-0.25, -0.2) is 0 Å². The molecule has 1 fully saturated rings. The first-order chi connectivity index (χ1) is 9.02. The van der Waals surface area contributed by atoms with Crippen LogP contribution in [-0.2, 0) is 4.74 Å². The molecule has 0 aromatic heterocycles. The van der Waals surface area contributed by atoms with E-state index in [4.69, 9.17) is 4.74 Å². The van der Waals surface area contributed by atoms with Gasteiger partial charge in [-0.1, -0.05) is 6.07 Å². The van der Waals surface area contributed by atoms with Crippen LogP contribution in [0.15, 0.2) is 18.2 Å². The Morgan fingerprint density at radius 1 is 1.47 bits per heavy atom. The van der Waals surface area contributed by atoms with Gasteiger partial charge < -0.3 is 19.8 Å². The van der Waals surface area contributed by atoms with Crippen LogP contribution in [0.4, 0.5) is 0 Å². The summed E-state index contributed by atoms with van der Waals surface area (Å²) in [4.78, 5) is 14.1. The molecule has 1 amide bonds. The van der Waals surface area contributed by atoms with E-state index in [9.17, 15) is 15.0 Å². The number of phenols is 1. The number of hydrogen-bond donors (Lipinski definition) is 2. The number of carbonyl (C=O) groups is 1. The highest BCUT2D eigenvalue weighted by molar-refractivity contribution is 5.96. The van der Waals surface area contributed by atoms with Gasteiger partial charge in [-0.2, -0.15) is 0 Å².